The number of rotatable bonds is 6. The summed E-state index contributed by atoms with van der Waals surface area (Å²) >= 11 is 0. The fourth-order valence-electron chi connectivity index (χ4n) is 0.684. The predicted octanol–water partition coefficient (Wildman–Crippen LogP) is 1.20. The molecule has 0 aromatic carbocycles. The summed E-state index contributed by atoms with van der Waals surface area (Å²) in [6, 6.07) is 1.72. The molecule has 0 atom stereocenters. The summed E-state index contributed by atoms with van der Waals surface area (Å²) in [4.78, 5) is 11.1. The molecule has 0 bridgehead atoms. The second-order valence-electron chi connectivity index (χ2n) is 2.26. The Morgan fingerprint density at radius 1 is 1.57 bits per heavy atom. The second-order valence-corrected chi connectivity index (χ2v) is 2.26. The third kappa shape index (κ3) is 5.12. The topological polar surface area (TPSA) is 59.3 Å². The van der Waals surface area contributed by atoms with E-state index in [4.69, 9.17) is 14.7 Å². The summed E-state index contributed by atoms with van der Waals surface area (Å²) in [7, 11) is 0. The van der Waals surface area contributed by atoms with Crippen LogP contribution >= 0.6 is 0 Å². The van der Waals surface area contributed by atoms with Crippen LogP contribution in [0.5, 0.6) is 0 Å². The standard InChI is InChI=1S/C10H13NO3/c1-3-5-9(8-11)10(12)14-7-6-13-4-2/h3,5H,1,4,6-7H2,2H3. The Balaban J connectivity index is 3.89. The van der Waals surface area contributed by atoms with Crippen molar-refractivity contribution in [3.8, 4) is 6.07 Å². The number of allylic oxidation sites excluding steroid dienone is 2. The molecule has 0 saturated heterocycles. The van der Waals surface area contributed by atoms with E-state index in [-0.39, 0.29) is 12.2 Å². The molecule has 0 N–H and O–H groups in total. The Kier molecular flexibility index (Phi) is 7.10. The highest BCUT2D eigenvalue weighted by Gasteiger charge is 2.08. The molecular weight excluding hydrogens is 182 g/mol. The van der Waals surface area contributed by atoms with Crippen LogP contribution in [-0.2, 0) is 14.3 Å². The van der Waals surface area contributed by atoms with Gasteiger partial charge in [0.05, 0.1) is 6.61 Å². The number of esters is 1. The van der Waals surface area contributed by atoms with E-state index in [1.165, 1.54) is 12.2 Å². The number of carbonyl (C=O) groups excluding carboxylic acids is 1. The molecule has 0 spiro atoms. The van der Waals surface area contributed by atoms with E-state index in [9.17, 15) is 4.79 Å². The van der Waals surface area contributed by atoms with Crippen molar-refractivity contribution in [1.29, 1.82) is 5.26 Å². The molecule has 0 unspecified atom stereocenters. The Labute approximate surface area is 83.4 Å². The van der Waals surface area contributed by atoms with Crippen LogP contribution in [0.25, 0.3) is 0 Å². The molecular formula is C10H13NO3. The van der Waals surface area contributed by atoms with E-state index in [1.807, 2.05) is 6.92 Å². The van der Waals surface area contributed by atoms with Gasteiger partial charge in [0.15, 0.2) is 0 Å². The Morgan fingerprint density at radius 3 is 2.79 bits per heavy atom. The van der Waals surface area contributed by atoms with Crippen LogP contribution in [0.1, 0.15) is 6.92 Å². The quantitative estimate of drug-likeness (QED) is 0.210. The van der Waals surface area contributed by atoms with E-state index < -0.39 is 5.97 Å². The molecule has 0 aromatic heterocycles. The first kappa shape index (κ1) is 12.4. The van der Waals surface area contributed by atoms with Gasteiger partial charge in [-0.1, -0.05) is 12.7 Å². The van der Waals surface area contributed by atoms with Crippen LogP contribution in [-0.4, -0.2) is 25.8 Å². The van der Waals surface area contributed by atoms with Gasteiger partial charge in [-0.05, 0) is 13.0 Å². The van der Waals surface area contributed by atoms with Gasteiger partial charge in [0.1, 0.15) is 18.2 Å². The number of carbonyl (C=O) groups is 1. The van der Waals surface area contributed by atoms with Gasteiger partial charge in [-0.25, -0.2) is 4.79 Å². The lowest BCUT2D eigenvalue weighted by Gasteiger charge is -2.02. The minimum Gasteiger partial charge on any atom is -0.459 e. The summed E-state index contributed by atoms with van der Waals surface area (Å²) in [5, 5.41) is 8.53. The molecule has 0 aliphatic carbocycles. The normalized spacial score (nSPS) is 10.4. The molecule has 14 heavy (non-hydrogen) atoms. The maximum Gasteiger partial charge on any atom is 0.348 e. The highest BCUT2D eigenvalue weighted by atomic mass is 16.6. The second kappa shape index (κ2) is 8.02. The molecule has 0 heterocycles. The van der Waals surface area contributed by atoms with Crippen LogP contribution in [0.2, 0.25) is 0 Å². The van der Waals surface area contributed by atoms with E-state index >= 15 is 0 Å². The zero-order valence-corrected chi connectivity index (χ0v) is 8.16. The summed E-state index contributed by atoms with van der Waals surface area (Å²) in [5.74, 6) is -0.646. The van der Waals surface area contributed by atoms with Crippen molar-refractivity contribution in [2.24, 2.45) is 0 Å². The molecule has 0 radical (unpaired) electrons. The lowest BCUT2D eigenvalue weighted by atomic mass is 10.3. The van der Waals surface area contributed by atoms with Gasteiger partial charge in [-0.3, -0.25) is 0 Å². The zero-order chi connectivity index (χ0) is 10.8. The first-order valence-corrected chi connectivity index (χ1v) is 4.24. The summed E-state index contributed by atoms with van der Waals surface area (Å²) in [6.45, 7) is 6.30. The van der Waals surface area contributed by atoms with Crippen molar-refractivity contribution in [3.63, 3.8) is 0 Å². The molecule has 0 aliphatic rings. The van der Waals surface area contributed by atoms with E-state index in [0.717, 1.165) is 0 Å². The van der Waals surface area contributed by atoms with Gasteiger partial charge in [0, 0.05) is 6.61 Å². The number of hydrogen-bond acceptors (Lipinski definition) is 4. The van der Waals surface area contributed by atoms with Crippen LogP contribution in [0, 0.1) is 11.3 Å². The molecule has 4 heteroatoms. The Bertz CT molecular complexity index is 263. The molecule has 0 aromatic rings. The lowest BCUT2D eigenvalue weighted by Crippen LogP contribution is -2.11. The van der Waals surface area contributed by atoms with Gasteiger partial charge in [0.2, 0.25) is 0 Å². The summed E-state index contributed by atoms with van der Waals surface area (Å²) in [5.41, 5.74) is -0.0588. The van der Waals surface area contributed by atoms with Crippen molar-refractivity contribution >= 4 is 5.97 Å². The van der Waals surface area contributed by atoms with Crippen molar-refractivity contribution in [3.05, 3.63) is 24.3 Å². The van der Waals surface area contributed by atoms with Crippen molar-refractivity contribution in [1.82, 2.24) is 0 Å². The van der Waals surface area contributed by atoms with Gasteiger partial charge in [0.25, 0.3) is 0 Å². The number of ether oxygens (including phenoxy) is 2. The minimum atomic E-state index is -0.646. The maximum atomic E-state index is 11.1. The third-order valence-electron chi connectivity index (χ3n) is 1.29. The molecule has 0 fully saturated rings. The Morgan fingerprint density at radius 2 is 2.29 bits per heavy atom. The van der Waals surface area contributed by atoms with Crippen LogP contribution in [0.4, 0.5) is 0 Å². The van der Waals surface area contributed by atoms with Crippen molar-refractivity contribution in [2.45, 2.75) is 6.92 Å². The average Bonchev–Trinajstić information content (AvgIpc) is 2.20. The molecule has 0 rings (SSSR count). The van der Waals surface area contributed by atoms with E-state index in [1.54, 1.807) is 6.07 Å². The fourth-order valence-corrected chi connectivity index (χ4v) is 0.684. The first-order chi connectivity index (χ1) is 6.76. The van der Waals surface area contributed by atoms with Gasteiger partial charge in [-0.15, -0.1) is 0 Å². The molecule has 4 nitrogen and oxygen atoms in total. The third-order valence-corrected chi connectivity index (χ3v) is 1.29. The highest BCUT2D eigenvalue weighted by molar-refractivity contribution is 5.93. The monoisotopic (exact) mass is 195 g/mol. The van der Waals surface area contributed by atoms with Gasteiger partial charge < -0.3 is 9.47 Å². The minimum absolute atomic E-state index is 0.0588. The van der Waals surface area contributed by atoms with Crippen LogP contribution in [0.15, 0.2) is 24.3 Å². The molecule has 0 saturated carbocycles. The van der Waals surface area contributed by atoms with Gasteiger partial charge in [-0.2, -0.15) is 5.26 Å². The highest BCUT2D eigenvalue weighted by Crippen LogP contribution is 1.96. The lowest BCUT2D eigenvalue weighted by molar-refractivity contribution is -0.140. The predicted molar refractivity (Wildman–Crippen MR) is 51.3 cm³/mol. The van der Waals surface area contributed by atoms with Crippen molar-refractivity contribution < 1.29 is 14.3 Å². The summed E-state index contributed by atoms with van der Waals surface area (Å²) < 4.78 is 9.70. The average molecular weight is 195 g/mol. The fraction of sp³-hybridized carbons (Fsp3) is 0.400. The van der Waals surface area contributed by atoms with Crippen LogP contribution < -0.4 is 0 Å². The number of nitrogens with zero attached hydrogens (tertiary/aromatic N) is 1. The first-order valence-electron chi connectivity index (χ1n) is 4.24. The summed E-state index contributed by atoms with van der Waals surface area (Å²) in [6.07, 6.45) is 2.67. The Hall–Kier alpha value is -1.60. The molecule has 76 valence electrons. The van der Waals surface area contributed by atoms with Crippen LogP contribution in [0.3, 0.4) is 0 Å². The zero-order valence-electron chi connectivity index (χ0n) is 8.16. The molecule has 0 amide bonds. The van der Waals surface area contributed by atoms with Crippen molar-refractivity contribution in [2.75, 3.05) is 19.8 Å². The number of nitriles is 1. The van der Waals surface area contributed by atoms with Gasteiger partial charge >= 0.3 is 5.97 Å². The van der Waals surface area contributed by atoms with E-state index in [0.29, 0.717) is 13.2 Å². The number of hydrogen-bond donors (Lipinski definition) is 0. The SMILES string of the molecule is C=CC=C(C#N)C(=O)OCCOCC. The van der Waals surface area contributed by atoms with E-state index in [2.05, 4.69) is 6.58 Å². The smallest absolute Gasteiger partial charge is 0.348 e. The largest absolute Gasteiger partial charge is 0.459 e. The maximum absolute atomic E-state index is 11.1. The molecule has 0 aliphatic heterocycles.